The number of hydrogen-bond donors (Lipinski definition) is 0. The van der Waals surface area contributed by atoms with E-state index in [2.05, 4.69) is 475 Å². The minimum Gasteiger partial charge on any atom is -0.227 e. The number of benzene rings is 23. The third-order valence-electron chi connectivity index (χ3n) is 31.9. The van der Waals surface area contributed by atoms with Gasteiger partial charge in [0, 0.05) is 115 Å². The van der Waals surface area contributed by atoms with Crippen molar-refractivity contribution in [2.24, 2.45) is 0 Å². The Labute approximate surface area is 859 Å². The summed E-state index contributed by atoms with van der Waals surface area (Å²) in [4.78, 5) is 32.7. The van der Waals surface area contributed by atoms with E-state index in [0.29, 0.717) is 0 Å². The Morgan fingerprint density at radius 2 is 0.490 bits per heavy atom. The zero-order valence-electron chi connectivity index (χ0n) is 80.2. The molecule has 147 heavy (non-hydrogen) atoms. The van der Waals surface area contributed by atoms with E-state index in [-0.39, 0.29) is 10.8 Å². The zero-order chi connectivity index (χ0) is 96.8. The van der Waals surface area contributed by atoms with Gasteiger partial charge in [-0.25, -0.2) is 29.9 Å². The second-order valence-electron chi connectivity index (χ2n) is 39.3. The summed E-state index contributed by atoms with van der Waals surface area (Å²) < 4.78 is 7.65. The normalized spacial score (nSPS) is 13.0. The first-order valence-electron chi connectivity index (χ1n) is 50.7. The number of hydrogen-bond acceptors (Lipinski definition) is 9. The molecular weight excluding hydrogens is 1840 g/mol. The fourth-order valence-corrected chi connectivity index (χ4v) is 28.8. The average Bonchev–Trinajstić information content (AvgIpc) is 1.50. The van der Waals surface area contributed by atoms with E-state index in [1.165, 1.54) is 197 Å². The van der Waals surface area contributed by atoms with Crippen LogP contribution in [-0.4, -0.2) is 29.9 Å². The smallest absolute Gasteiger partial charge is 0.160 e. The van der Waals surface area contributed by atoms with Crippen LogP contribution in [0.5, 0.6) is 0 Å². The van der Waals surface area contributed by atoms with Crippen molar-refractivity contribution in [1.29, 1.82) is 0 Å². The number of nitrogens with zero attached hydrogens (tertiary/aromatic N) is 6. The summed E-state index contributed by atoms with van der Waals surface area (Å²) in [6.45, 7) is 4.65. The molecule has 9 heteroatoms. The van der Waals surface area contributed by atoms with Crippen LogP contribution in [0.25, 0.3) is 270 Å². The van der Waals surface area contributed by atoms with Crippen molar-refractivity contribution < 1.29 is 0 Å². The molecule has 686 valence electrons. The van der Waals surface area contributed by atoms with E-state index < -0.39 is 0 Å². The van der Waals surface area contributed by atoms with Crippen molar-refractivity contribution in [1.82, 2.24) is 29.9 Å². The van der Waals surface area contributed by atoms with Crippen LogP contribution in [0.4, 0.5) is 0 Å². The summed E-state index contributed by atoms with van der Waals surface area (Å²) in [5.41, 5.74) is 30.3. The number of aromatic nitrogens is 6. The van der Waals surface area contributed by atoms with Gasteiger partial charge >= 0.3 is 0 Å². The second kappa shape index (κ2) is 33.5. The molecule has 6 heterocycles. The van der Waals surface area contributed by atoms with Gasteiger partial charge in [0.25, 0.3) is 0 Å². The third kappa shape index (κ3) is 13.0. The molecule has 32 rings (SSSR count). The van der Waals surface area contributed by atoms with Crippen LogP contribution in [0.2, 0.25) is 0 Å². The molecule has 1 spiro atoms. The minimum absolute atomic E-state index is 0.0372. The summed E-state index contributed by atoms with van der Waals surface area (Å²) in [5, 5.41) is 25.4. The Morgan fingerprint density at radius 3 is 0.966 bits per heavy atom. The average molecular weight is 1920 g/mol. The lowest BCUT2D eigenvalue weighted by Gasteiger charge is -2.30. The zero-order valence-corrected chi connectivity index (χ0v) is 82.7. The lowest BCUT2D eigenvalue weighted by Crippen LogP contribution is -2.25. The van der Waals surface area contributed by atoms with Gasteiger partial charge in [-0.2, -0.15) is 0 Å². The van der Waals surface area contributed by atoms with E-state index in [1.54, 1.807) is 0 Å². The fraction of sp³-hybridized carbons (Fsp3) is 0.0435. The molecular formula is C138H86N6S3. The molecule has 29 aromatic rings. The first kappa shape index (κ1) is 84.9. The molecule has 0 atom stereocenters. The van der Waals surface area contributed by atoms with Gasteiger partial charge in [-0.3, -0.25) is 0 Å². The molecule has 0 bridgehead atoms. The van der Waals surface area contributed by atoms with Gasteiger partial charge in [0.2, 0.25) is 0 Å². The molecule has 0 saturated heterocycles. The van der Waals surface area contributed by atoms with Gasteiger partial charge < -0.3 is 0 Å². The van der Waals surface area contributed by atoms with Crippen molar-refractivity contribution in [3.05, 3.63) is 494 Å². The summed E-state index contributed by atoms with van der Waals surface area (Å²) in [7, 11) is 0. The van der Waals surface area contributed by atoms with Crippen molar-refractivity contribution in [3.8, 4) is 112 Å². The van der Waals surface area contributed by atoms with Crippen molar-refractivity contribution in [2.75, 3.05) is 0 Å². The van der Waals surface area contributed by atoms with Crippen molar-refractivity contribution >= 4 is 192 Å². The molecule has 6 aromatic heterocycles. The van der Waals surface area contributed by atoms with Gasteiger partial charge in [-0.05, 0) is 216 Å². The third-order valence-corrected chi connectivity index (χ3v) is 35.5. The molecule has 6 nitrogen and oxygen atoms in total. The highest BCUT2D eigenvalue weighted by molar-refractivity contribution is 7.27. The van der Waals surface area contributed by atoms with Crippen LogP contribution in [0, 0.1) is 0 Å². The van der Waals surface area contributed by atoms with Gasteiger partial charge in [-0.1, -0.05) is 414 Å². The molecule has 3 aliphatic carbocycles. The Balaban J connectivity index is 0.000000103. The fourth-order valence-electron chi connectivity index (χ4n) is 25.1. The van der Waals surface area contributed by atoms with Crippen molar-refractivity contribution in [3.63, 3.8) is 0 Å². The van der Waals surface area contributed by atoms with Crippen LogP contribution in [-0.2, 0) is 10.8 Å². The first-order valence-corrected chi connectivity index (χ1v) is 53.2. The van der Waals surface area contributed by atoms with Gasteiger partial charge in [-0.15, -0.1) is 34.0 Å². The summed E-state index contributed by atoms with van der Waals surface area (Å²) in [5.74, 6) is 2.24. The topological polar surface area (TPSA) is 77.3 Å². The lowest BCUT2D eigenvalue weighted by atomic mass is 9.70. The highest BCUT2D eigenvalue weighted by atomic mass is 32.1. The van der Waals surface area contributed by atoms with Gasteiger partial charge in [0.05, 0.1) is 39.0 Å². The molecule has 0 unspecified atom stereocenters. The van der Waals surface area contributed by atoms with E-state index in [1.807, 2.05) is 34.0 Å². The summed E-state index contributed by atoms with van der Waals surface area (Å²) in [6, 6.07) is 168. The monoisotopic (exact) mass is 1920 g/mol. The van der Waals surface area contributed by atoms with Crippen molar-refractivity contribution in [2.45, 2.75) is 37.5 Å². The quantitative estimate of drug-likeness (QED) is 0.143. The Hall–Kier alpha value is -17.7. The Bertz CT molecular complexity index is 10600. The summed E-state index contributed by atoms with van der Waals surface area (Å²) >= 11 is 5.57. The maximum atomic E-state index is 5.58. The Kier molecular flexibility index (Phi) is 19.3. The highest BCUT2D eigenvalue weighted by Crippen LogP contribution is 2.64. The minimum atomic E-state index is -0.388. The predicted octanol–water partition coefficient (Wildman–Crippen LogP) is 38.0. The highest BCUT2D eigenvalue weighted by Gasteiger charge is 2.52. The molecule has 0 N–H and O–H groups in total. The molecule has 23 aromatic carbocycles. The maximum Gasteiger partial charge on any atom is 0.160 e. The molecule has 0 saturated carbocycles. The summed E-state index contributed by atoms with van der Waals surface area (Å²) in [6.07, 6.45) is 2.15. The van der Waals surface area contributed by atoms with Gasteiger partial charge in [0.15, 0.2) is 17.5 Å². The second-order valence-corrected chi connectivity index (χ2v) is 42.4. The van der Waals surface area contributed by atoms with Crippen LogP contribution in [0.1, 0.15) is 60.1 Å². The van der Waals surface area contributed by atoms with E-state index in [9.17, 15) is 0 Å². The molecule has 0 amide bonds. The standard InChI is InChI=1S/C53H30N2S.C45H32N2S.C40H24N2S/c1-3-15-34-31(12-1)14-11-20-39(34)49-41-27-29-47-48(40-26-24-32-13-2-4-16-35(32)51(40)56-47)50(41)55-52(54-49)33-25-28-46-42(30-33)38-19-7-10-23-45(38)53(46)43-21-8-5-17-36(43)37-18-6-9-22-44(37)53;1-3-45(4-2)37-16-10-9-15-33(37)36-26-31(20-23-38(36)45)44-46-41(30-18-17-27-11-5-6-13-29(27)25-30)35-22-24-39-40(42(35)47-44)34-21-19-28-12-7-8-14-32(28)43(34)48-39;1-2-10-25(11-3-1)28-15-8-16-29(24-28)40-41-37(32-19-9-14-26-12-4-6-17-30(26)32)34-22-23-35-36(38(34)42-40)33-21-20-27-13-5-7-18-31(27)39(33)43-35/h1-30H;5-26H,3-4H2,1-2H3;1-24H. The maximum absolute atomic E-state index is 5.58. The van der Waals surface area contributed by atoms with Crippen LogP contribution in [0.3, 0.4) is 0 Å². The van der Waals surface area contributed by atoms with E-state index in [4.69, 9.17) is 29.9 Å². The molecule has 0 fully saturated rings. The SMILES string of the molecule is CCC1(CC)c2ccccc2-c2cc(-c3nc(-c4ccc5ccccc5c4)c4ccc5sc6c7ccccc7ccc6c5c4n3)ccc21.c1ccc(-c2cccc(-c3nc(-c4cccc5ccccc45)c4ccc5sc6c7ccccc7ccc6c5c4n3)c2)cc1.c1ccc2c(c1)-c1ccccc1C21c2ccccc2-c2cc(-c3nc(-c4cccc5ccccc45)c4ccc5sc6c7ccccc7ccc6c5c4n3)ccc21. The van der Waals surface area contributed by atoms with Crippen LogP contribution in [0.15, 0.2) is 461 Å². The lowest BCUT2D eigenvalue weighted by molar-refractivity contribution is 0.490. The number of rotatable bonds is 9. The molecule has 0 aliphatic heterocycles. The van der Waals surface area contributed by atoms with Crippen LogP contribution >= 0.6 is 34.0 Å². The van der Waals surface area contributed by atoms with E-state index >= 15 is 0 Å². The number of thiophene rings is 3. The predicted molar refractivity (Wildman–Crippen MR) is 623 cm³/mol. The molecule has 0 radical (unpaired) electrons. The van der Waals surface area contributed by atoms with E-state index in [0.717, 1.165) is 119 Å². The molecule has 3 aliphatic rings. The Morgan fingerprint density at radius 1 is 0.184 bits per heavy atom. The van der Waals surface area contributed by atoms with Crippen LogP contribution < -0.4 is 0 Å². The van der Waals surface area contributed by atoms with Gasteiger partial charge in [0.1, 0.15) is 0 Å². The number of fused-ring (bicyclic) bond motifs is 37. The first-order chi connectivity index (χ1) is 72.7. The largest absolute Gasteiger partial charge is 0.227 e.